The van der Waals surface area contributed by atoms with Gasteiger partial charge in [0.1, 0.15) is 0 Å². The van der Waals surface area contributed by atoms with Crippen molar-refractivity contribution in [3.63, 3.8) is 0 Å². The molecular weight excluding hydrogens is 274 g/mol. The molecule has 0 unspecified atom stereocenters. The van der Waals surface area contributed by atoms with E-state index in [0.717, 1.165) is 6.42 Å². The lowest BCUT2D eigenvalue weighted by atomic mass is 9.91. The molecule has 0 aliphatic carbocycles. The summed E-state index contributed by atoms with van der Waals surface area (Å²) in [4.78, 5) is 0. The Morgan fingerprint density at radius 1 is 1.30 bits per heavy atom. The first-order valence-corrected chi connectivity index (χ1v) is 8.47. The maximum atomic E-state index is 12.4. The second-order valence-electron chi connectivity index (χ2n) is 5.62. The second kappa shape index (κ2) is 6.24. The molecule has 1 aliphatic heterocycles. The Morgan fingerprint density at radius 2 is 2.00 bits per heavy atom. The molecule has 112 valence electrons. The Labute approximate surface area is 121 Å². The summed E-state index contributed by atoms with van der Waals surface area (Å²) in [7, 11) is -0.0152. The summed E-state index contributed by atoms with van der Waals surface area (Å²) in [5.41, 5.74) is 2.42. The van der Waals surface area contributed by atoms with Crippen LogP contribution in [-0.4, -0.2) is 45.3 Å². The SMILES string of the molecule is Cc1ccccc1C[C@H]1COCC[C@@H]1S(=O)(=O)N(C)C. The molecule has 5 heteroatoms. The minimum Gasteiger partial charge on any atom is -0.381 e. The zero-order valence-corrected chi connectivity index (χ0v) is 13.2. The number of hydrogen-bond donors (Lipinski definition) is 0. The van der Waals surface area contributed by atoms with Crippen molar-refractivity contribution >= 4 is 10.0 Å². The van der Waals surface area contributed by atoms with Gasteiger partial charge < -0.3 is 4.74 Å². The van der Waals surface area contributed by atoms with Crippen molar-refractivity contribution in [3.8, 4) is 0 Å². The molecule has 1 fully saturated rings. The predicted molar refractivity (Wildman–Crippen MR) is 80.2 cm³/mol. The highest BCUT2D eigenvalue weighted by Crippen LogP contribution is 2.27. The van der Waals surface area contributed by atoms with E-state index in [2.05, 4.69) is 19.1 Å². The van der Waals surface area contributed by atoms with Crippen molar-refractivity contribution in [1.82, 2.24) is 4.31 Å². The van der Waals surface area contributed by atoms with Crippen molar-refractivity contribution in [2.45, 2.75) is 25.0 Å². The third kappa shape index (κ3) is 3.22. The first kappa shape index (κ1) is 15.5. The Bertz CT molecular complexity index is 554. The van der Waals surface area contributed by atoms with E-state index in [1.165, 1.54) is 15.4 Å². The monoisotopic (exact) mass is 297 g/mol. The van der Waals surface area contributed by atoms with Gasteiger partial charge in [-0.25, -0.2) is 12.7 Å². The minimum atomic E-state index is -3.23. The van der Waals surface area contributed by atoms with Crippen LogP contribution >= 0.6 is 0 Å². The molecule has 0 aromatic heterocycles. The molecule has 0 amide bonds. The van der Waals surface area contributed by atoms with Crippen LogP contribution in [0.3, 0.4) is 0 Å². The average molecular weight is 297 g/mol. The molecule has 1 aromatic rings. The van der Waals surface area contributed by atoms with Crippen molar-refractivity contribution in [2.24, 2.45) is 5.92 Å². The third-order valence-corrected chi connectivity index (χ3v) is 6.44. The van der Waals surface area contributed by atoms with E-state index in [4.69, 9.17) is 4.74 Å². The van der Waals surface area contributed by atoms with Gasteiger partial charge in [-0.15, -0.1) is 0 Å². The van der Waals surface area contributed by atoms with Gasteiger partial charge in [-0.3, -0.25) is 0 Å². The highest BCUT2D eigenvalue weighted by molar-refractivity contribution is 7.89. The van der Waals surface area contributed by atoms with Crippen LogP contribution in [0.15, 0.2) is 24.3 Å². The number of nitrogens with zero attached hydrogens (tertiary/aromatic N) is 1. The number of benzene rings is 1. The lowest BCUT2D eigenvalue weighted by Gasteiger charge is -2.33. The smallest absolute Gasteiger partial charge is 0.216 e. The molecule has 2 atom stereocenters. The van der Waals surface area contributed by atoms with E-state index in [0.29, 0.717) is 19.6 Å². The molecule has 0 radical (unpaired) electrons. The van der Waals surface area contributed by atoms with Gasteiger partial charge in [0.05, 0.1) is 11.9 Å². The van der Waals surface area contributed by atoms with Crippen LogP contribution in [0.4, 0.5) is 0 Å². The standard InChI is InChI=1S/C15H23NO3S/c1-12-6-4-5-7-13(12)10-14-11-19-9-8-15(14)20(17,18)16(2)3/h4-7,14-15H,8-11H2,1-3H3/t14-,15-/m0/s1. The lowest BCUT2D eigenvalue weighted by Crippen LogP contribution is -2.44. The topological polar surface area (TPSA) is 46.6 Å². The Hall–Kier alpha value is -0.910. The van der Waals surface area contributed by atoms with Crippen LogP contribution in [0, 0.1) is 12.8 Å². The molecule has 0 bridgehead atoms. The van der Waals surface area contributed by atoms with Crippen LogP contribution in [0.2, 0.25) is 0 Å². The highest BCUT2D eigenvalue weighted by Gasteiger charge is 2.37. The van der Waals surface area contributed by atoms with E-state index in [-0.39, 0.29) is 11.2 Å². The highest BCUT2D eigenvalue weighted by atomic mass is 32.2. The first-order valence-electron chi connectivity index (χ1n) is 6.96. The van der Waals surface area contributed by atoms with Crippen LogP contribution in [0.1, 0.15) is 17.5 Å². The molecule has 0 spiro atoms. The molecule has 2 rings (SSSR count). The van der Waals surface area contributed by atoms with Crippen LogP contribution < -0.4 is 0 Å². The summed E-state index contributed by atoms with van der Waals surface area (Å²) < 4.78 is 31.7. The van der Waals surface area contributed by atoms with E-state index in [1.807, 2.05) is 12.1 Å². The quantitative estimate of drug-likeness (QED) is 0.852. The maximum absolute atomic E-state index is 12.4. The van der Waals surface area contributed by atoms with E-state index in [1.54, 1.807) is 14.1 Å². The normalized spacial score (nSPS) is 24.0. The zero-order chi connectivity index (χ0) is 14.8. The van der Waals surface area contributed by atoms with Crippen molar-refractivity contribution < 1.29 is 13.2 Å². The largest absolute Gasteiger partial charge is 0.381 e. The molecule has 1 heterocycles. The summed E-state index contributed by atoms with van der Waals surface area (Å²) in [5, 5.41) is -0.342. The maximum Gasteiger partial charge on any atom is 0.216 e. The average Bonchev–Trinajstić information content (AvgIpc) is 2.41. The van der Waals surface area contributed by atoms with Gasteiger partial charge in [0.15, 0.2) is 0 Å². The molecule has 4 nitrogen and oxygen atoms in total. The molecular formula is C15H23NO3S. The van der Waals surface area contributed by atoms with E-state index in [9.17, 15) is 8.42 Å². The van der Waals surface area contributed by atoms with Gasteiger partial charge in [-0.1, -0.05) is 24.3 Å². The Morgan fingerprint density at radius 3 is 2.65 bits per heavy atom. The predicted octanol–water partition coefficient (Wildman–Crippen LogP) is 1.83. The summed E-state index contributed by atoms with van der Waals surface area (Å²) in [6.07, 6.45) is 1.33. The first-order chi connectivity index (χ1) is 9.43. The van der Waals surface area contributed by atoms with Gasteiger partial charge in [-0.2, -0.15) is 0 Å². The van der Waals surface area contributed by atoms with E-state index < -0.39 is 10.0 Å². The molecule has 1 saturated heterocycles. The Kier molecular flexibility index (Phi) is 4.83. The molecule has 20 heavy (non-hydrogen) atoms. The molecule has 1 aromatic carbocycles. The number of hydrogen-bond acceptors (Lipinski definition) is 3. The number of rotatable bonds is 4. The summed E-state index contributed by atoms with van der Waals surface area (Å²) in [5.74, 6) is 0.0252. The zero-order valence-electron chi connectivity index (χ0n) is 12.4. The van der Waals surface area contributed by atoms with Gasteiger partial charge >= 0.3 is 0 Å². The molecule has 0 saturated carbocycles. The summed E-state index contributed by atoms with van der Waals surface area (Å²) in [6.45, 7) is 3.11. The van der Waals surface area contributed by atoms with E-state index >= 15 is 0 Å². The summed E-state index contributed by atoms with van der Waals surface area (Å²) in [6, 6.07) is 8.14. The fraction of sp³-hybridized carbons (Fsp3) is 0.600. The number of sulfonamides is 1. The van der Waals surface area contributed by atoms with Gasteiger partial charge in [0.2, 0.25) is 10.0 Å². The third-order valence-electron chi connectivity index (χ3n) is 4.04. The van der Waals surface area contributed by atoms with Crippen LogP contribution in [0.5, 0.6) is 0 Å². The Balaban J connectivity index is 2.22. The second-order valence-corrected chi connectivity index (χ2v) is 7.99. The number of ether oxygens (including phenoxy) is 1. The van der Waals surface area contributed by atoms with Crippen molar-refractivity contribution in [3.05, 3.63) is 35.4 Å². The van der Waals surface area contributed by atoms with Crippen LogP contribution in [-0.2, 0) is 21.2 Å². The molecule has 0 N–H and O–H groups in total. The van der Waals surface area contributed by atoms with Gasteiger partial charge in [-0.05, 0) is 30.9 Å². The van der Waals surface area contributed by atoms with Crippen LogP contribution in [0.25, 0.3) is 0 Å². The lowest BCUT2D eigenvalue weighted by molar-refractivity contribution is 0.0563. The molecule has 1 aliphatic rings. The number of aryl methyl sites for hydroxylation is 1. The van der Waals surface area contributed by atoms with Crippen molar-refractivity contribution in [1.29, 1.82) is 0 Å². The fourth-order valence-electron chi connectivity index (χ4n) is 2.75. The van der Waals surface area contributed by atoms with Crippen molar-refractivity contribution in [2.75, 3.05) is 27.3 Å². The van der Waals surface area contributed by atoms with Gasteiger partial charge in [0, 0.05) is 26.6 Å². The minimum absolute atomic E-state index is 0.0252. The fourth-order valence-corrected chi connectivity index (χ4v) is 4.35. The summed E-state index contributed by atoms with van der Waals surface area (Å²) >= 11 is 0. The van der Waals surface area contributed by atoms with Gasteiger partial charge in [0.25, 0.3) is 0 Å².